The highest BCUT2D eigenvalue weighted by Crippen LogP contribution is 2.19. The fraction of sp³-hybridized carbons (Fsp3) is 0.727. The first-order valence-electron chi connectivity index (χ1n) is 5.26. The van der Waals surface area contributed by atoms with E-state index in [2.05, 4.69) is 18.9 Å². The van der Waals surface area contributed by atoms with Gasteiger partial charge in [-0.25, -0.2) is 0 Å². The van der Waals surface area contributed by atoms with Gasteiger partial charge in [0.15, 0.2) is 0 Å². The summed E-state index contributed by atoms with van der Waals surface area (Å²) in [5.74, 6) is 0.514. The molecular formula is C11H22N2O. The van der Waals surface area contributed by atoms with Crippen molar-refractivity contribution >= 4 is 0 Å². The van der Waals surface area contributed by atoms with Crippen LogP contribution in [-0.4, -0.2) is 14.9 Å². The first-order valence-corrected chi connectivity index (χ1v) is 5.26. The topological polar surface area (TPSA) is 38.1 Å². The van der Waals surface area contributed by atoms with Crippen molar-refractivity contribution in [2.45, 2.75) is 40.2 Å². The fourth-order valence-electron chi connectivity index (χ4n) is 1.19. The number of hydrogen-bond acceptors (Lipinski definition) is 2. The van der Waals surface area contributed by atoms with Gasteiger partial charge in [-0.15, -0.1) is 0 Å². The Morgan fingerprint density at radius 1 is 1.43 bits per heavy atom. The first kappa shape index (κ1) is 13.2. The van der Waals surface area contributed by atoms with Crippen LogP contribution in [-0.2, 0) is 7.05 Å². The smallest absolute Gasteiger partial charge is 0.0823 e. The van der Waals surface area contributed by atoms with Gasteiger partial charge in [0, 0.05) is 18.8 Å². The molecule has 0 aliphatic carbocycles. The predicted octanol–water partition coefficient (Wildman–Crippen LogP) is 2.53. The van der Waals surface area contributed by atoms with Crippen molar-refractivity contribution in [2.24, 2.45) is 13.0 Å². The van der Waals surface area contributed by atoms with Gasteiger partial charge in [0.1, 0.15) is 0 Å². The summed E-state index contributed by atoms with van der Waals surface area (Å²) in [5.41, 5.74) is 0.909. The second kappa shape index (κ2) is 6.60. The second-order valence-corrected chi connectivity index (χ2v) is 3.59. The van der Waals surface area contributed by atoms with Crippen molar-refractivity contribution in [1.29, 1.82) is 0 Å². The number of nitrogens with zero attached hydrogens (tertiary/aromatic N) is 2. The maximum absolute atomic E-state index is 9.65. The molecule has 1 heterocycles. The minimum Gasteiger partial charge on any atom is -0.388 e. The molecular weight excluding hydrogens is 176 g/mol. The van der Waals surface area contributed by atoms with Crippen LogP contribution < -0.4 is 0 Å². The summed E-state index contributed by atoms with van der Waals surface area (Å²) in [5, 5.41) is 13.7. The van der Waals surface area contributed by atoms with Gasteiger partial charge in [-0.1, -0.05) is 27.7 Å². The summed E-state index contributed by atoms with van der Waals surface area (Å²) in [7, 11) is 1.85. The Labute approximate surface area is 86.8 Å². The zero-order chi connectivity index (χ0) is 11.1. The third-order valence-electron chi connectivity index (χ3n) is 1.80. The van der Waals surface area contributed by atoms with E-state index in [1.807, 2.05) is 27.1 Å². The summed E-state index contributed by atoms with van der Waals surface area (Å²) in [6.07, 6.45) is 4.00. The summed E-state index contributed by atoms with van der Waals surface area (Å²) < 4.78 is 1.71. The molecule has 3 nitrogen and oxygen atoms in total. The van der Waals surface area contributed by atoms with E-state index < -0.39 is 0 Å². The van der Waals surface area contributed by atoms with Crippen LogP contribution in [0.1, 0.15) is 45.8 Å². The summed E-state index contributed by atoms with van der Waals surface area (Å²) in [4.78, 5) is 0. The van der Waals surface area contributed by atoms with Crippen molar-refractivity contribution in [3.63, 3.8) is 0 Å². The third kappa shape index (κ3) is 4.42. The molecule has 1 N–H and O–H groups in total. The average Bonchev–Trinajstić information content (AvgIpc) is 2.54. The monoisotopic (exact) mass is 198 g/mol. The lowest BCUT2D eigenvalue weighted by atomic mass is 10.0. The largest absolute Gasteiger partial charge is 0.388 e. The van der Waals surface area contributed by atoms with Gasteiger partial charge in [-0.3, -0.25) is 4.68 Å². The van der Waals surface area contributed by atoms with E-state index in [0.29, 0.717) is 5.92 Å². The van der Waals surface area contributed by atoms with E-state index in [1.54, 1.807) is 10.9 Å². The highest BCUT2D eigenvalue weighted by atomic mass is 16.3. The molecule has 1 unspecified atom stereocenters. The predicted molar refractivity (Wildman–Crippen MR) is 59.0 cm³/mol. The fourth-order valence-corrected chi connectivity index (χ4v) is 1.19. The Balaban J connectivity index is 0.000000791. The van der Waals surface area contributed by atoms with E-state index in [1.165, 1.54) is 0 Å². The molecule has 1 aromatic heterocycles. The molecule has 1 rings (SSSR count). The van der Waals surface area contributed by atoms with Gasteiger partial charge in [0.25, 0.3) is 0 Å². The molecule has 0 aliphatic rings. The highest BCUT2D eigenvalue weighted by Gasteiger charge is 2.10. The van der Waals surface area contributed by atoms with Crippen molar-refractivity contribution in [2.75, 3.05) is 0 Å². The number of hydrogen-bond donors (Lipinski definition) is 1. The molecule has 0 saturated heterocycles. The quantitative estimate of drug-likeness (QED) is 0.810. The Morgan fingerprint density at radius 2 is 2.00 bits per heavy atom. The van der Waals surface area contributed by atoms with Gasteiger partial charge in [0.05, 0.1) is 12.3 Å². The van der Waals surface area contributed by atoms with Gasteiger partial charge in [-0.05, 0) is 12.3 Å². The van der Waals surface area contributed by atoms with Crippen LogP contribution in [0.3, 0.4) is 0 Å². The standard InChI is InChI=1S/C9H16N2O.C2H6/c1-7(2)4-9(12)8-5-10-11(3)6-8;1-2/h5-7,9,12H,4H2,1-3H3;1-2H3. The van der Waals surface area contributed by atoms with Gasteiger partial charge in [-0.2, -0.15) is 5.10 Å². The van der Waals surface area contributed by atoms with E-state index in [9.17, 15) is 5.11 Å². The van der Waals surface area contributed by atoms with E-state index >= 15 is 0 Å². The average molecular weight is 198 g/mol. The molecule has 3 heteroatoms. The number of aliphatic hydroxyl groups excluding tert-OH is 1. The lowest BCUT2D eigenvalue weighted by Crippen LogP contribution is -2.00. The van der Waals surface area contributed by atoms with Crippen LogP contribution in [0, 0.1) is 5.92 Å². The van der Waals surface area contributed by atoms with Crippen molar-refractivity contribution in [3.05, 3.63) is 18.0 Å². The molecule has 0 aliphatic heterocycles. The van der Waals surface area contributed by atoms with Crippen molar-refractivity contribution < 1.29 is 5.11 Å². The van der Waals surface area contributed by atoms with Gasteiger partial charge in [0.2, 0.25) is 0 Å². The second-order valence-electron chi connectivity index (χ2n) is 3.59. The normalized spacial score (nSPS) is 12.2. The van der Waals surface area contributed by atoms with E-state index in [4.69, 9.17) is 0 Å². The van der Waals surface area contributed by atoms with E-state index in [-0.39, 0.29) is 6.10 Å². The minimum atomic E-state index is -0.362. The summed E-state index contributed by atoms with van der Waals surface area (Å²) in [6, 6.07) is 0. The van der Waals surface area contributed by atoms with Crippen LogP contribution in [0.5, 0.6) is 0 Å². The van der Waals surface area contributed by atoms with Crippen LogP contribution in [0.4, 0.5) is 0 Å². The summed E-state index contributed by atoms with van der Waals surface area (Å²) >= 11 is 0. The number of rotatable bonds is 3. The zero-order valence-corrected chi connectivity index (χ0v) is 9.86. The Morgan fingerprint density at radius 3 is 2.36 bits per heavy atom. The molecule has 82 valence electrons. The maximum Gasteiger partial charge on any atom is 0.0823 e. The molecule has 1 atom stereocenters. The van der Waals surface area contributed by atoms with Gasteiger partial charge >= 0.3 is 0 Å². The molecule has 0 aromatic carbocycles. The minimum absolute atomic E-state index is 0.362. The third-order valence-corrected chi connectivity index (χ3v) is 1.80. The van der Waals surface area contributed by atoms with Crippen LogP contribution >= 0.6 is 0 Å². The van der Waals surface area contributed by atoms with Gasteiger partial charge < -0.3 is 5.11 Å². The molecule has 14 heavy (non-hydrogen) atoms. The lowest BCUT2D eigenvalue weighted by Gasteiger charge is -2.10. The van der Waals surface area contributed by atoms with Crippen LogP contribution in [0.2, 0.25) is 0 Å². The number of aliphatic hydroxyl groups is 1. The molecule has 0 amide bonds. The molecule has 0 bridgehead atoms. The molecule has 0 saturated carbocycles. The lowest BCUT2D eigenvalue weighted by molar-refractivity contribution is 0.151. The Hall–Kier alpha value is -0.830. The molecule has 1 aromatic rings. The van der Waals surface area contributed by atoms with Crippen LogP contribution in [0.25, 0.3) is 0 Å². The van der Waals surface area contributed by atoms with E-state index in [0.717, 1.165) is 12.0 Å². The number of aromatic nitrogens is 2. The first-order chi connectivity index (χ1) is 6.59. The number of aryl methyl sites for hydroxylation is 1. The maximum atomic E-state index is 9.65. The molecule has 0 radical (unpaired) electrons. The SMILES string of the molecule is CC.CC(C)CC(O)c1cnn(C)c1. The molecule has 0 fully saturated rings. The molecule has 0 spiro atoms. The Kier molecular flexibility index (Phi) is 6.21. The Bertz CT molecular complexity index is 243. The zero-order valence-electron chi connectivity index (χ0n) is 9.86. The van der Waals surface area contributed by atoms with Crippen molar-refractivity contribution in [3.8, 4) is 0 Å². The summed E-state index contributed by atoms with van der Waals surface area (Å²) in [6.45, 7) is 8.19. The van der Waals surface area contributed by atoms with Crippen molar-refractivity contribution in [1.82, 2.24) is 9.78 Å². The highest BCUT2D eigenvalue weighted by molar-refractivity contribution is 5.07. The van der Waals surface area contributed by atoms with Crippen LogP contribution in [0.15, 0.2) is 12.4 Å².